The van der Waals surface area contributed by atoms with E-state index in [1.165, 1.54) is 12.1 Å². The first kappa shape index (κ1) is 14.3. The van der Waals surface area contributed by atoms with Crippen molar-refractivity contribution in [1.82, 2.24) is 5.32 Å². The van der Waals surface area contributed by atoms with Gasteiger partial charge in [-0.3, -0.25) is 0 Å². The van der Waals surface area contributed by atoms with Crippen molar-refractivity contribution in [2.75, 3.05) is 13.1 Å². The number of hydrogen-bond donors (Lipinski definition) is 1. The lowest BCUT2D eigenvalue weighted by Crippen LogP contribution is -2.40. The Morgan fingerprint density at radius 1 is 1.21 bits per heavy atom. The van der Waals surface area contributed by atoms with Crippen molar-refractivity contribution in [2.45, 2.75) is 38.1 Å². The van der Waals surface area contributed by atoms with Gasteiger partial charge in [-0.25, -0.2) is 0 Å². The second-order valence-electron chi connectivity index (χ2n) is 4.81. The van der Waals surface area contributed by atoms with Crippen LogP contribution in [0.25, 0.3) is 0 Å². The van der Waals surface area contributed by atoms with E-state index < -0.39 is 11.7 Å². The molecule has 0 spiro atoms. The molecular weight excluding hydrogens is 255 g/mol. The lowest BCUT2D eigenvalue weighted by Gasteiger charge is -2.31. The summed E-state index contributed by atoms with van der Waals surface area (Å²) < 4.78 is 43.3. The van der Waals surface area contributed by atoms with Gasteiger partial charge in [0.25, 0.3) is 0 Å². The standard InChI is InChI=1S/C14H18F3NO/c1-2-3-12-8-18-9-13(19-12)10-4-6-11(7-5-10)14(15,16)17/h4-7,12-13,18H,2-3,8-9H2,1H3. The van der Waals surface area contributed by atoms with E-state index in [1.54, 1.807) is 0 Å². The molecule has 5 heteroatoms. The minimum Gasteiger partial charge on any atom is -0.368 e. The minimum absolute atomic E-state index is 0.144. The molecule has 1 saturated heterocycles. The molecule has 1 fully saturated rings. The van der Waals surface area contributed by atoms with Crippen LogP contribution in [-0.2, 0) is 10.9 Å². The van der Waals surface area contributed by atoms with Crippen LogP contribution in [0.2, 0.25) is 0 Å². The van der Waals surface area contributed by atoms with E-state index in [9.17, 15) is 13.2 Å². The quantitative estimate of drug-likeness (QED) is 0.909. The highest BCUT2D eigenvalue weighted by Gasteiger charge is 2.30. The molecule has 1 aliphatic heterocycles. The van der Waals surface area contributed by atoms with Crippen LogP contribution in [0.1, 0.15) is 37.0 Å². The zero-order chi connectivity index (χ0) is 13.9. The van der Waals surface area contributed by atoms with Crippen LogP contribution in [-0.4, -0.2) is 19.2 Å². The Labute approximate surface area is 111 Å². The van der Waals surface area contributed by atoms with Crippen LogP contribution in [0.3, 0.4) is 0 Å². The zero-order valence-corrected chi connectivity index (χ0v) is 10.8. The Morgan fingerprint density at radius 3 is 2.47 bits per heavy atom. The third-order valence-corrected chi connectivity index (χ3v) is 3.28. The lowest BCUT2D eigenvalue weighted by molar-refractivity contribution is -0.137. The van der Waals surface area contributed by atoms with Crippen molar-refractivity contribution >= 4 is 0 Å². The Hall–Kier alpha value is -1.07. The first-order valence-corrected chi connectivity index (χ1v) is 6.54. The molecule has 0 saturated carbocycles. The second kappa shape index (κ2) is 5.92. The van der Waals surface area contributed by atoms with Crippen molar-refractivity contribution < 1.29 is 17.9 Å². The summed E-state index contributed by atoms with van der Waals surface area (Å²) in [5.41, 5.74) is 0.173. The molecule has 1 N–H and O–H groups in total. The molecule has 2 nitrogen and oxygen atoms in total. The van der Waals surface area contributed by atoms with Crippen LogP contribution in [0.5, 0.6) is 0 Å². The SMILES string of the molecule is CCCC1CNCC(c2ccc(C(F)(F)F)cc2)O1. The number of morpholine rings is 1. The van der Waals surface area contributed by atoms with Gasteiger partial charge in [-0.2, -0.15) is 13.2 Å². The summed E-state index contributed by atoms with van der Waals surface area (Å²) in [7, 11) is 0. The van der Waals surface area contributed by atoms with Crippen LogP contribution in [0, 0.1) is 0 Å². The highest BCUT2D eigenvalue weighted by molar-refractivity contribution is 5.26. The summed E-state index contributed by atoms with van der Waals surface area (Å²) in [6.45, 7) is 3.54. The molecule has 2 rings (SSSR count). The van der Waals surface area contributed by atoms with E-state index in [2.05, 4.69) is 12.2 Å². The molecule has 19 heavy (non-hydrogen) atoms. The summed E-state index contributed by atoms with van der Waals surface area (Å²) in [5, 5.41) is 3.27. The molecule has 0 radical (unpaired) electrons. The summed E-state index contributed by atoms with van der Waals surface area (Å²) >= 11 is 0. The molecule has 1 heterocycles. The molecule has 2 unspecified atom stereocenters. The maximum atomic E-state index is 12.5. The zero-order valence-electron chi connectivity index (χ0n) is 10.8. The van der Waals surface area contributed by atoms with Crippen molar-refractivity contribution in [3.8, 4) is 0 Å². The Bertz CT molecular complexity index is 400. The summed E-state index contributed by atoms with van der Waals surface area (Å²) in [4.78, 5) is 0. The smallest absolute Gasteiger partial charge is 0.368 e. The Kier molecular flexibility index (Phi) is 4.47. The van der Waals surface area contributed by atoms with Crippen LogP contribution < -0.4 is 5.32 Å². The first-order chi connectivity index (χ1) is 9.00. The van der Waals surface area contributed by atoms with Crippen LogP contribution >= 0.6 is 0 Å². The fraction of sp³-hybridized carbons (Fsp3) is 0.571. The third-order valence-electron chi connectivity index (χ3n) is 3.28. The second-order valence-corrected chi connectivity index (χ2v) is 4.81. The molecule has 0 bridgehead atoms. The number of rotatable bonds is 3. The molecule has 0 amide bonds. The van der Waals surface area contributed by atoms with Gasteiger partial charge in [-0.05, 0) is 24.1 Å². The number of nitrogens with one attached hydrogen (secondary N) is 1. The van der Waals surface area contributed by atoms with E-state index in [-0.39, 0.29) is 12.2 Å². The first-order valence-electron chi connectivity index (χ1n) is 6.54. The highest BCUT2D eigenvalue weighted by Crippen LogP contribution is 2.31. The van der Waals surface area contributed by atoms with Crippen LogP contribution in [0.4, 0.5) is 13.2 Å². The maximum absolute atomic E-state index is 12.5. The van der Waals surface area contributed by atoms with Gasteiger partial charge in [0.2, 0.25) is 0 Å². The number of benzene rings is 1. The molecular formula is C14H18F3NO. The monoisotopic (exact) mass is 273 g/mol. The molecule has 0 aromatic heterocycles. The average molecular weight is 273 g/mol. The van der Waals surface area contributed by atoms with E-state index in [1.807, 2.05) is 0 Å². The molecule has 0 aliphatic carbocycles. The fourth-order valence-electron chi connectivity index (χ4n) is 2.28. The number of hydrogen-bond acceptors (Lipinski definition) is 2. The fourth-order valence-corrected chi connectivity index (χ4v) is 2.28. The number of alkyl halides is 3. The highest BCUT2D eigenvalue weighted by atomic mass is 19.4. The lowest BCUT2D eigenvalue weighted by atomic mass is 10.0. The molecule has 1 aliphatic rings. The Balaban J connectivity index is 2.05. The van der Waals surface area contributed by atoms with Gasteiger partial charge in [0.15, 0.2) is 0 Å². The number of ether oxygens (including phenoxy) is 1. The van der Waals surface area contributed by atoms with Gasteiger partial charge < -0.3 is 10.1 Å². The van der Waals surface area contributed by atoms with E-state index in [0.29, 0.717) is 6.54 Å². The molecule has 1 aromatic rings. The topological polar surface area (TPSA) is 21.3 Å². The molecule has 2 atom stereocenters. The summed E-state index contributed by atoms with van der Waals surface area (Å²) in [6, 6.07) is 5.23. The Morgan fingerprint density at radius 2 is 1.89 bits per heavy atom. The van der Waals surface area contributed by atoms with Crippen molar-refractivity contribution in [1.29, 1.82) is 0 Å². The molecule has 1 aromatic carbocycles. The predicted octanol–water partition coefficient (Wildman–Crippen LogP) is 3.54. The van der Waals surface area contributed by atoms with E-state index >= 15 is 0 Å². The summed E-state index contributed by atoms with van der Waals surface area (Å²) in [6.07, 6.45) is -2.30. The maximum Gasteiger partial charge on any atom is 0.416 e. The third kappa shape index (κ3) is 3.70. The van der Waals surface area contributed by atoms with Crippen molar-refractivity contribution in [3.63, 3.8) is 0 Å². The van der Waals surface area contributed by atoms with Crippen molar-refractivity contribution in [2.24, 2.45) is 0 Å². The van der Waals surface area contributed by atoms with Gasteiger partial charge in [-0.15, -0.1) is 0 Å². The minimum atomic E-state index is -4.28. The summed E-state index contributed by atoms with van der Waals surface area (Å²) in [5.74, 6) is 0. The van der Waals surface area contributed by atoms with Crippen molar-refractivity contribution in [3.05, 3.63) is 35.4 Å². The largest absolute Gasteiger partial charge is 0.416 e. The van der Waals surface area contributed by atoms with E-state index in [4.69, 9.17) is 4.74 Å². The van der Waals surface area contributed by atoms with E-state index in [0.717, 1.165) is 37.1 Å². The number of halogens is 3. The van der Waals surface area contributed by atoms with Gasteiger partial charge in [0.1, 0.15) is 0 Å². The predicted molar refractivity (Wildman–Crippen MR) is 66.8 cm³/mol. The van der Waals surface area contributed by atoms with Gasteiger partial charge in [0.05, 0.1) is 17.8 Å². The van der Waals surface area contributed by atoms with Crippen LogP contribution in [0.15, 0.2) is 24.3 Å². The molecule has 106 valence electrons. The van der Waals surface area contributed by atoms with Gasteiger partial charge in [-0.1, -0.05) is 25.5 Å². The average Bonchev–Trinajstić information content (AvgIpc) is 2.39. The van der Waals surface area contributed by atoms with Gasteiger partial charge >= 0.3 is 6.18 Å². The normalized spacial score (nSPS) is 24.4. The van der Waals surface area contributed by atoms with Gasteiger partial charge in [0, 0.05) is 13.1 Å².